The lowest BCUT2D eigenvalue weighted by molar-refractivity contribution is -0.147. The summed E-state index contributed by atoms with van der Waals surface area (Å²) < 4.78 is 14.4. The summed E-state index contributed by atoms with van der Waals surface area (Å²) in [5, 5.41) is 3.28. The first kappa shape index (κ1) is 22.6. The molecule has 0 bridgehead atoms. The van der Waals surface area contributed by atoms with Crippen molar-refractivity contribution >= 4 is 5.91 Å². The minimum absolute atomic E-state index is 0.145. The molecule has 2 nitrogen and oxygen atoms in total. The molecule has 172 valence electrons. The predicted octanol–water partition coefficient (Wildman–Crippen LogP) is 6.78. The second-order valence-electron chi connectivity index (χ2n) is 12.6. The van der Waals surface area contributed by atoms with E-state index in [9.17, 15) is 9.18 Å². The SMILES string of the molecule is CC(C)CCC[C@@H](C)[C@H]1CC[C@H]2[C@@H]3[C@@H](CF)C[C@H]4NC(=O)CC[C@]4(C)[C@H]3CC[C@]12C. The maximum atomic E-state index is 14.4. The minimum Gasteiger partial charge on any atom is -0.353 e. The largest absolute Gasteiger partial charge is 0.353 e. The summed E-state index contributed by atoms with van der Waals surface area (Å²) in [6.45, 7) is 12.0. The molecular formula is C27H46FNO. The molecule has 0 aromatic carbocycles. The van der Waals surface area contributed by atoms with E-state index in [1.54, 1.807) is 0 Å². The zero-order valence-corrected chi connectivity index (χ0v) is 20.2. The Morgan fingerprint density at radius 1 is 1.03 bits per heavy atom. The van der Waals surface area contributed by atoms with Crippen LogP contribution in [0.1, 0.15) is 98.8 Å². The van der Waals surface area contributed by atoms with E-state index in [4.69, 9.17) is 0 Å². The summed E-state index contributed by atoms with van der Waals surface area (Å²) in [6.07, 6.45) is 11.8. The maximum absolute atomic E-state index is 14.4. The van der Waals surface area contributed by atoms with Crippen molar-refractivity contribution in [3.05, 3.63) is 0 Å². The fourth-order valence-corrected chi connectivity index (χ4v) is 9.03. The summed E-state index contributed by atoms with van der Waals surface area (Å²) in [5.74, 6) is 4.54. The minimum atomic E-state index is -0.204. The van der Waals surface area contributed by atoms with Crippen LogP contribution in [0.4, 0.5) is 4.39 Å². The highest BCUT2D eigenvalue weighted by atomic mass is 19.1. The van der Waals surface area contributed by atoms with Crippen LogP contribution in [0, 0.1) is 52.3 Å². The molecule has 4 fully saturated rings. The Bertz CT molecular complexity index is 634. The van der Waals surface area contributed by atoms with Gasteiger partial charge in [-0.3, -0.25) is 9.18 Å². The fraction of sp³-hybridized carbons (Fsp3) is 0.963. The third kappa shape index (κ3) is 3.64. The number of rotatable bonds is 6. The van der Waals surface area contributed by atoms with Gasteiger partial charge in [0, 0.05) is 12.5 Å². The van der Waals surface area contributed by atoms with Crippen molar-refractivity contribution in [3.8, 4) is 0 Å². The Hall–Kier alpha value is -0.600. The van der Waals surface area contributed by atoms with E-state index in [0.717, 1.165) is 30.6 Å². The van der Waals surface area contributed by atoms with Crippen LogP contribution in [0.25, 0.3) is 0 Å². The van der Waals surface area contributed by atoms with Gasteiger partial charge in [-0.15, -0.1) is 0 Å². The number of nitrogens with one attached hydrogen (secondary N) is 1. The highest BCUT2D eigenvalue weighted by Crippen LogP contribution is 2.67. The summed E-state index contributed by atoms with van der Waals surface area (Å²) >= 11 is 0. The second kappa shape index (κ2) is 8.39. The number of fused-ring (bicyclic) bond motifs is 5. The van der Waals surface area contributed by atoms with Crippen molar-refractivity contribution in [3.63, 3.8) is 0 Å². The first-order valence-electron chi connectivity index (χ1n) is 13.1. The first-order valence-corrected chi connectivity index (χ1v) is 13.1. The molecular weight excluding hydrogens is 373 g/mol. The van der Waals surface area contributed by atoms with E-state index in [1.165, 1.54) is 44.9 Å². The number of hydrogen-bond acceptors (Lipinski definition) is 1. The van der Waals surface area contributed by atoms with Crippen LogP contribution >= 0.6 is 0 Å². The van der Waals surface area contributed by atoms with Gasteiger partial charge < -0.3 is 5.32 Å². The van der Waals surface area contributed by atoms with E-state index in [2.05, 4.69) is 39.9 Å². The molecule has 1 saturated heterocycles. The number of amides is 1. The lowest BCUT2D eigenvalue weighted by Crippen LogP contribution is -2.63. The van der Waals surface area contributed by atoms with E-state index in [0.29, 0.717) is 29.6 Å². The Kier molecular flexibility index (Phi) is 6.32. The third-order valence-corrected chi connectivity index (χ3v) is 10.7. The van der Waals surface area contributed by atoms with Crippen LogP contribution in [0.5, 0.6) is 0 Å². The lowest BCUT2D eigenvalue weighted by atomic mass is 9.44. The number of hydrogen-bond donors (Lipinski definition) is 1. The van der Waals surface area contributed by atoms with Crippen LogP contribution in [0.3, 0.4) is 0 Å². The Morgan fingerprint density at radius 3 is 2.47 bits per heavy atom. The van der Waals surface area contributed by atoms with E-state index < -0.39 is 0 Å². The molecule has 0 unspecified atom stereocenters. The molecule has 0 aromatic rings. The van der Waals surface area contributed by atoms with Crippen LogP contribution < -0.4 is 5.32 Å². The normalized spacial score (nSPS) is 46.7. The van der Waals surface area contributed by atoms with Gasteiger partial charge in [-0.1, -0.05) is 53.9 Å². The fourth-order valence-electron chi connectivity index (χ4n) is 9.03. The topological polar surface area (TPSA) is 29.1 Å². The van der Waals surface area contributed by atoms with Crippen molar-refractivity contribution < 1.29 is 9.18 Å². The highest BCUT2D eigenvalue weighted by molar-refractivity contribution is 5.77. The standard InChI is InChI=1S/C27H46FNO/c1-17(2)7-6-8-18(3)20-9-10-21-25-19(16-28)15-23-27(5,14-12-24(30)29-23)22(25)11-13-26(20,21)4/h17-23,25H,6-16H2,1-5H3,(H,29,30)/t18-,19-,20-,21+,22+,23-,25+,26-,27-/m1/s1. The predicted molar refractivity (Wildman–Crippen MR) is 122 cm³/mol. The van der Waals surface area contributed by atoms with Crippen molar-refractivity contribution in [2.24, 2.45) is 52.3 Å². The van der Waals surface area contributed by atoms with Crippen LogP contribution in [-0.4, -0.2) is 18.6 Å². The number of alkyl halides is 1. The van der Waals surface area contributed by atoms with E-state index >= 15 is 0 Å². The number of halogens is 1. The molecule has 0 spiro atoms. The van der Waals surface area contributed by atoms with Crippen LogP contribution in [0.2, 0.25) is 0 Å². The van der Waals surface area contributed by atoms with Crippen LogP contribution in [-0.2, 0) is 4.79 Å². The first-order chi connectivity index (χ1) is 14.2. The molecule has 0 radical (unpaired) electrons. The molecule has 3 aliphatic carbocycles. The Labute approximate surface area is 184 Å². The van der Waals surface area contributed by atoms with Gasteiger partial charge in [-0.05, 0) is 90.8 Å². The van der Waals surface area contributed by atoms with Gasteiger partial charge in [-0.2, -0.15) is 0 Å². The molecule has 4 aliphatic rings. The zero-order chi connectivity index (χ0) is 21.7. The van der Waals surface area contributed by atoms with Crippen LogP contribution in [0.15, 0.2) is 0 Å². The Balaban J connectivity index is 1.54. The molecule has 3 heteroatoms. The van der Waals surface area contributed by atoms with Crippen molar-refractivity contribution in [2.75, 3.05) is 6.67 Å². The molecule has 0 aromatic heterocycles. The number of piperidine rings is 1. The molecule has 9 atom stereocenters. The smallest absolute Gasteiger partial charge is 0.220 e. The molecule has 4 rings (SSSR count). The molecule has 1 N–H and O–H groups in total. The summed E-state index contributed by atoms with van der Waals surface area (Å²) in [4.78, 5) is 12.1. The molecule has 1 heterocycles. The second-order valence-corrected chi connectivity index (χ2v) is 12.6. The van der Waals surface area contributed by atoms with Gasteiger partial charge in [0.15, 0.2) is 0 Å². The number of carbonyl (C=O) groups is 1. The highest BCUT2D eigenvalue weighted by Gasteiger charge is 2.63. The molecule has 1 aliphatic heterocycles. The summed E-state index contributed by atoms with van der Waals surface area (Å²) in [5.41, 5.74) is 0.569. The van der Waals surface area contributed by atoms with Crippen molar-refractivity contribution in [2.45, 2.75) is 105 Å². The Morgan fingerprint density at radius 2 is 1.77 bits per heavy atom. The zero-order valence-electron chi connectivity index (χ0n) is 20.2. The van der Waals surface area contributed by atoms with Gasteiger partial charge in [0.2, 0.25) is 5.91 Å². The van der Waals surface area contributed by atoms with Gasteiger partial charge in [0.05, 0.1) is 6.67 Å². The average molecular weight is 420 g/mol. The maximum Gasteiger partial charge on any atom is 0.220 e. The van der Waals surface area contributed by atoms with Crippen molar-refractivity contribution in [1.82, 2.24) is 5.32 Å². The summed E-state index contributed by atoms with van der Waals surface area (Å²) in [7, 11) is 0. The van der Waals surface area contributed by atoms with Crippen molar-refractivity contribution in [1.29, 1.82) is 0 Å². The third-order valence-electron chi connectivity index (χ3n) is 10.7. The molecule has 30 heavy (non-hydrogen) atoms. The van der Waals surface area contributed by atoms with E-state index in [-0.39, 0.29) is 30.0 Å². The van der Waals surface area contributed by atoms with Gasteiger partial charge in [-0.25, -0.2) is 0 Å². The molecule has 3 saturated carbocycles. The van der Waals surface area contributed by atoms with Gasteiger partial charge in [0.1, 0.15) is 0 Å². The average Bonchev–Trinajstić information content (AvgIpc) is 3.05. The lowest BCUT2D eigenvalue weighted by Gasteiger charge is -2.62. The van der Waals surface area contributed by atoms with Gasteiger partial charge in [0.25, 0.3) is 0 Å². The number of carbonyl (C=O) groups excluding carboxylic acids is 1. The quantitative estimate of drug-likeness (QED) is 0.505. The summed E-state index contributed by atoms with van der Waals surface area (Å²) in [6, 6.07) is 0.192. The monoisotopic (exact) mass is 419 g/mol. The van der Waals surface area contributed by atoms with E-state index in [1.807, 2.05) is 0 Å². The molecule has 1 amide bonds. The van der Waals surface area contributed by atoms with Gasteiger partial charge >= 0.3 is 0 Å².